The minimum absolute atomic E-state index is 0.00870. The summed E-state index contributed by atoms with van der Waals surface area (Å²) in [6, 6.07) is 13.1. The van der Waals surface area contributed by atoms with Gasteiger partial charge in [0, 0.05) is 5.39 Å². The molecule has 23 heavy (non-hydrogen) atoms. The first-order valence-electron chi connectivity index (χ1n) is 6.39. The number of hydrogen-bond acceptors (Lipinski definition) is 3. The number of aromatic nitrogens is 2. The Morgan fingerprint density at radius 1 is 1.13 bits per heavy atom. The average Bonchev–Trinajstić information content (AvgIpc) is 2.85. The summed E-state index contributed by atoms with van der Waals surface area (Å²) in [5, 5.41) is 0.517. The van der Waals surface area contributed by atoms with Crippen LogP contribution >= 0.6 is 11.6 Å². The quantitative estimate of drug-likeness (QED) is 0.594. The molecule has 4 nitrogen and oxygen atoms in total. The van der Waals surface area contributed by atoms with Crippen LogP contribution in [0.1, 0.15) is 0 Å². The van der Waals surface area contributed by atoms with Gasteiger partial charge in [0.1, 0.15) is 5.15 Å². The zero-order chi connectivity index (χ0) is 16.6. The lowest BCUT2D eigenvalue weighted by molar-refractivity contribution is -0.290. The molecule has 0 aliphatic carbocycles. The molecule has 0 aliphatic rings. The molecule has 0 saturated carbocycles. The Labute approximate surface area is 133 Å². The summed E-state index contributed by atoms with van der Waals surface area (Å²) in [6.45, 7) is 0. The molecule has 3 rings (SSSR count). The second-order valence-corrected chi connectivity index (χ2v) is 4.98. The summed E-state index contributed by atoms with van der Waals surface area (Å²) < 4.78 is 41.5. The summed E-state index contributed by atoms with van der Waals surface area (Å²) in [6.07, 6.45) is -6.69. The lowest BCUT2D eigenvalue weighted by atomic mass is 10.1. The van der Waals surface area contributed by atoms with Gasteiger partial charge >= 0.3 is 12.5 Å². The van der Waals surface area contributed by atoms with Gasteiger partial charge in [0.2, 0.25) is 0 Å². The summed E-state index contributed by atoms with van der Waals surface area (Å²) in [4.78, 5) is 15.9. The van der Waals surface area contributed by atoms with Crippen LogP contribution in [0.15, 0.2) is 48.5 Å². The molecule has 2 aromatic heterocycles. The summed E-state index contributed by atoms with van der Waals surface area (Å²) >= 11 is 5.78. The first-order chi connectivity index (χ1) is 10.8. The van der Waals surface area contributed by atoms with Gasteiger partial charge in [-0.05, 0) is 23.8 Å². The zero-order valence-electron chi connectivity index (χ0n) is 11.3. The van der Waals surface area contributed by atoms with Crippen LogP contribution in [0.5, 0.6) is 0 Å². The van der Waals surface area contributed by atoms with Gasteiger partial charge in [-0.15, -0.1) is 13.2 Å². The molecule has 0 fully saturated rings. The number of pyridine rings is 1. The van der Waals surface area contributed by atoms with Gasteiger partial charge in [0.05, 0.1) is 5.69 Å². The monoisotopic (exact) mass is 340 g/mol. The van der Waals surface area contributed by atoms with E-state index >= 15 is 0 Å². The molecule has 0 spiro atoms. The molecule has 0 unspecified atom stereocenters. The van der Waals surface area contributed by atoms with E-state index in [0.29, 0.717) is 10.9 Å². The Morgan fingerprint density at radius 2 is 1.83 bits per heavy atom. The van der Waals surface area contributed by atoms with E-state index in [9.17, 15) is 18.0 Å². The van der Waals surface area contributed by atoms with Crippen LogP contribution in [0, 0.1) is 0 Å². The molecule has 0 amide bonds. The SMILES string of the molecule is O=C(OC(F)(F)F)n1c(-c2ccccc2)cc2ccc(Cl)nc21. The molecule has 0 aliphatic heterocycles. The predicted octanol–water partition coefficient (Wildman–Crippen LogP) is 4.86. The molecule has 2 heterocycles. The molecule has 118 valence electrons. The van der Waals surface area contributed by atoms with Crippen molar-refractivity contribution >= 4 is 28.7 Å². The molecule has 0 N–H and O–H groups in total. The summed E-state index contributed by atoms with van der Waals surface area (Å²) in [5.41, 5.74) is 0.760. The number of nitrogens with zero attached hydrogens (tertiary/aromatic N) is 2. The molecular weight excluding hydrogens is 333 g/mol. The summed E-state index contributed by atoms with van der Waals surface area (Å²) in [5.74, 6) is 0. The van der Waals surface area contributed by atoms with Crippen LogP contribution < -0.4 is 0 Å². The number of ether oxygens (including phenoxy) is 1. The fourth-order valence-corrected chi connectivity index (χ4v) is 2.35. The van der Waals surface area contributed by atoms with Crippen LogP contribution in [0.3, 0.4) is 0 Å². The van der Waals surface area contributed by atoms with E-state index in [1.807, 2.05) is 0 Å². The molecule has 1 aromatic carbocycles. The summed E-state index contributed by atoms with van der Waals surface area (Å²) in [7, 11) is 0. The van der Waals surface area contributed by atoms with E-state index in [4.69, 9.17) is 11.6 Å². The normalized spacial score (nSPS) is 11.7. The number of halogens is 4. The fraction of sp³-hybridized carbons (Fsp3) is 0.0667. The third-order valence-corrected chi connectivity index (χ3v) is 3.28. The smallest absolute Gasteiger partial charge is 0.355 e. The first kappa shape index (κ1) is 15.4. The molecule has 0 saturated heterocycles. The number of hydrogen-bond donors (Lipinski definition) is 0. The van der Waals surface area contributed by atoms with Crippen molar-refractivity contribution < 1.29 is 22.7 Å². The van der Waals surface area contributed by atoms with E-state index in [0.717, 1.165) is 4.57 Å². The fourth-order valence-electron chi connectivity index (χ4n) is 2.20. The molecule has 0 atom stereocenters. The molecule has 0 bridgehead atoms. The van der Waals surface area contributed by atoms with Gasteiger partial charge in [-0.2, -0.15) is 0 Å². The van der Waals surface area contributed by atoms with E-state index < -0.39 is 12.5 Å². The largest absolute Gasteiger partial charge is 0.576 e. The van der Waals surface area contributed by atoms with Crippen molar-refractivity contribution in [1.29, 1.82) is 0 Å². The van der Waals surface area contributed by atoms with E-state index in [1.54, 1.807) is 42.5 Å². The second-order valence-electron chi connectivity index (χ2n) is 4.59. The molecule has 3 aromatic rings. The van der Waals surface area contributed by atoms with Crippen molar-refractivity contribution in [1.82, 2.24) is 9.55 Å². The van der Waals surface area contributed by atoms with Crippen LogP contribution in [0.2, 0.25) is 5.15 Å². The Bertz CT molecular complexity index is 876. The van der Waals surface area contributed by atoms with Crippen molar-refractivity contribution in [3.63, 3.8) is 0 Å². The van der Waals surface area contributed by atoms with Crippen LogP contribution in [0.4, 0.5) is 18.0 Å². The van der Waals surface area contributed by atoms with Crippen molar-refractivity contribution in [3.05, 3.63) is 53.7 Å². The number of carbonyl (C=O) groups excluding carboxylic acids is 1. The number of fused-ring (bicyclic) bond motifs is 1. The number of rotatable bonds is 1. The minimum atomic E-state index is -5.10. The highest BCUT2D eigenvalue weighted by molar-refractivity contribution is 6.29. The van der Waals surface area contributed by atoms with Crippen LogP contribution in [0.25, 0.3) is 22.3 Å². The highest BCUT2D eigenvalue weighted by Crippen LogP contribution is 2.29. The Kier molecular flexibility index (Phi) is 3.73. The maximum Gasteiger partial charge on any atom is 0.576 e. The Balaban J connectivity index is 2.23. The zero-order valence-corrected chi connectivity index (χ0v) is 12.1. The Hall–Kier alpha value is -2.54. The highest BCUT2D eigenvalue weighted by atomic mass is 35.5. The number of benzene rings is 1. The number of carbonyl (C=O) groups is 1. The average molecular weight is 341 g/mol. The van der Waals surface area contributed by atoms with E-state index in [-0.39, 0.29) is 16.5 Å². The van der Waals surface area contributed by atoms with Gasteiger partial charge in [0.15, 0.2) is 5.65 Å². The molecule has 0 radical (unpaired) electrons. The van der Waals surface area contributed by atoms with E-state index in [1.165, 1.54) is 6.07 Å². The third-order valence-electron chi connectivity index (χ3n) is 3.07. The van der Waals surface area contributed by atoms with Gasteiger partial charge in [-0.25, -0.2) is 14.3 Å². The lowest BCUT2D eigenvalue weighted by Crippen LogP contribution is -2.24. The van der Waals surface area contributed by atoms with Gasteiger partial charge < -0.3 is 4.74 Å². The lowest BCUT2D eigenvalue weighted by Gasteiger charge is -2.11. The standard InChI is InChI=1S/C15H8ClF3N2O2/c16-12-7-6-10-8-11(9-4-2-1-3-5-9)21(13(10)20-12)14(22)23-15(17,18)19/h1-8H. The Morgan fingerprint density at radius 3 is 2.48 bits per heavy atom. The topological polar surface area (TPSA) is 44.1 Å². The van der Waals surface area contributed by atoms with Gasteiger partial charge in [-0.3, -0.25) is 0 Å². The van der Waals surface area contributed by atoms with Crippen LogP contribution in [-0.2, 0) is 4.74 Å². The van der Waals surface area contributed by atoms with Crippen molar-refractivity contribution in [2.75, 3.05) is 0 Å². The van der Waals surface area contributed by atoms with E-state index in [2.05, 4.69) is 9.72 Å². The highest BCUT2D eigenvalue weighted by Gasteiger charge is 2.36. The number of alkyl halides is 3. The molecular formula is C15H8ClF3N2O2. The van der Waals surface area contributed by atoms with Gasteiger partial charge in [0.25, 0.3) is 0 Å². The van der Waals surface area contributed by atoms with Crippen molar-refractivity contribution in [2.24, 2.45) is 0 Å². The predicted molar refractivity (Wildman–Crippen MR) is 78.1 cm³/mol. The van der Waals surface area contributed by atoms with Crippen molar-refractivity contribution in [3.8, 4) is 11.3 Å². The first-order valence-corrected chi connectivity index (χ1v) is 6.76. The second kappa shape index (κ2) is 5.58. The maximum atomic E-state index is 12.4. The van der Waals surface area contributed by atoms with Crippen LogP contribution in [-0.4, -0.2) is 22.0 Å². The molecule has 8 heteroatoms. The minimum Gasteiger partial charge on any atom is -0.355 e. The van der Waals surface area contributed by atoms with Crippen molar-refractivity contribution in [2.45, 2.75) is 6.36 Å². The van der Waals surface area contributed by atoms with Gasteiger partial charge in [-0.1, -0.05) is 41.9 Å². The third kappa shape index (κ3) is 3.14. The maximum absolute atomic E-state index is 12.4.